The van der Waals surface area contributed by atoms with E-state index in [1.807, 2.05) is 37.4 Å². The normalized spacial score (nSPS) is 19.6. The first-order valence-corrected chi connectivity index (χ1v) is 8.77. The number of benzene rings is 1. The summed E-state index contributed by atoms with van der Waals surface area (Å²) in [6, 6.07) is 10.5. The van der Waals surface area contributed by atoms with E-state index < -0.39 is 0 Å². The van der Waals surface area contributed by atoms with Crippen molar-refractivity contribution in [1.29, 1.82) is 0 Å². The topological polar surface area (TPSA) is 59.4 Å². The molecule has 25 heavy (non-hydrogen) atoms. The molecule has 1 aromatic carbocycles. The quantitative estimate of drug-likeness (QED) is 0.902. The largest absolute Gasteiger partial charge is 0.379 e. The van der Waals surface area contributed by atoms with Gasteiger partial charge in [-0.2, -0.15) is 5.10 Å². The highest BCUT2D eigenvalue weighted by Crippen LogP contribution is 2.22. The molecule has 1 aromatic heterocycles. The molecule has 2 atom stereocenters. The number of rotatable bonds is 5. The van der Waals surface area contributed by atoms with Crippen molar-refractivity contribution in [3.8, 4) is 11.3 Å². The Bertz CT molecular complexity index is 713. The number of amides is 1. The van der Waals surface area contributed by atoms with Gasteiger partial charge >= 0.3 is 0 Å². The number of carbonyl (C=O) groups is 1. The molecule has 6 heteroatoms. The van der Waals surface area contributed by atoms with Crippen LogP contribution in [-0.2, 0) is 11.8 Å². The first-order valence-electron chi connectivity index (χ1n) is 8.77. The third-order valence-electron chi connectivity index (χ3n) is 4.77. The van der Waals surface area contributed by atoms with E-state index in [0.29, 0.717) is 18.2 Å². The predicted molar refractivity (Wildman–Crippen MR) is 97.4 cm³/mol. The summed E-state index contributed by atoms with van der Waals surface area (Å²) in [4.78, 5) is 15.1. The highest BCUT2D eigenvalue weighted by molar-refractivity contribution is 5.99. The van der Waals surface area contributed by atoms with Gasteiger partial charge in [0.05, 0.1) is 30.7 Å². The average Bonchev–Trinajstić information content (AvgIpc) is 3.02. The lowest BCUT2D eigenvalue weighted by molar-refractivity contribution is -0.0178. The molecule has 1 aliphatic heterocycles. The summed E-state index contributed by atoms with van der Waals surface area (Å²) in [7, 11) is 1.86. The first kappa shape index (κ1) is 17.6. The fraction of sp³-hybridized carbons (Fsp3) is 0.474. The molecule has 0 unspecified atom stereocenters. The van der Waals surface area contributed by atoms with Gasteiger partial charge in [0.2, 0.25) is 0 Å². The number of aromatic nitrogens is 2. The molecule has 1 fully saturated rings. The van der Waals surface area contributed by atoms with E-state index >= 15 is 0 Å². The minimum absolute atomic E-state index is 0.0836. The molecule has 1 saturated heterocycles. The van der Waals surface area contributed by atoms with Gasteiger partial charge in [0, 0.05) is 37.8 Å². The van der Waals surface area contributed by atoms with Crippen molar-refractivity contribution in [2.75, 3.05) is 26.3 Å². The summed E-state index contributed by atoms with van der Waals surface area (Å²) in [5.74, 6) is -0.0836. The van der Waals surface area contributed by atoms with E-state index in [9.17, 15) is 4.79 Å². The third kappa shape index (κ3) is 3.91. The van der Waals surface area contributed by atoms with Gasteiger partial charge in [0.25, 0.3) is 5.91 Å². The van der Waals surface area contributed by atoms with E-state index in [1.165, 1.54) is 0 Å². The van der Waals surface area contributed by atoms with E-state index in [2.05, 4.69) is 29.2 Å². The number of hydrogen-bond acceptors (Lipinski definition) is 4. The number of hydrogen-bond donors (Lipinski definition) is 1. The Morgan fingerprint density at radius 2 is 2.16 bits per heavy atom. The second-order valence-corrected chi connectivity index (χ2v) is 6.62. The molecule has 1 N–H and O–H groups in total. The summed E-state index contributed by atoms with van der Waals surface area (Å²) < 4.78 is 7.23. The Morgan fingerprint density at radius 3 is 2.88 bits per heavy atom. The third-order valence-corrected chi connectivity index (χ3v) is 4.77. The Balaban J connectivity index is 1.68. The van der Waals surface area contributed by atoms with Gasteiger partial charge in [0.15, 0.2) is 0 Å². The number of nitrogens with zero attached hydrogens (tertiary/aromatic N) is 3. The number of morpholine rings is 1. The zero-order valence-corrected chi connectivity index (χ0v) is 15.1. The molecule has 2 heterocycles. The molecular formula is C19H26N4O2. The van der Waals surface area contributed by atoms with Crippen LogP contribution in [0.3, 0.4) is 0 Å². The maximum Gasteiger partial charge on any atom is 0.255 e. The molecule has 0 saturated carbocycles. The standard InChI is InChI=1S/C19H26N4O2/c1-14(23-9-10-25-13-15(23)2)11-20-19(24)17-12-21-22(3)18(17)16-7-5-4-6-8-16/h4-8,12,14-15H,9-11,13H2,1-3H3,(H,20,24)/t14-,15+/m1/s1. The molecule has 0 radical (unpaired) electrons. The van der Waals surface area contributed by atoms with Crippen molar-refractivity contribution in [2.24, 2.45) is 7.05 Å². The summed E-state index contributed by atoms with van der Waals surface area (Å²) in [5, 5.41) is 7.34. The molecule has 6 nitrogen and oxygen atoms in total. The minimum atomic E-state index is -0.0836. The van der Waals surface area contributed by atoms with Crippen LogP contribution in [-0.4, -0.2) is 59.0 Å². The van der Waals surface area contributed by atoms with Crippen LogP contribution in [0.1, 0.15) is 24.2 Å². The number of ether oxygens (including phenoxy) is 1. The summed E-state index contributed by atoms with van der Waals surface area (Å²) >= 11 is 0. The first-order chi connectivity index (χ1) is 12.1. The smallest absolute Gasteiger partial charge is 0.255 e. The zero-order chi connectivity index (χ0) is 17.8. The van der Waals surface area contributed by atoms with Crippen molar-refractivity contribution in [3.63, 3.8) is 0 Å². The highest BCUT2D eigenvalue weighted by Gasteiger charge is 2.24. The highest BCUT2D eigenvalue weighted by atomic mass is 16.5. The Hall–Kier alpha value is -2.18. The monoisotopic (exact) mass is 342 g/mol. The molecule has 134 valence electrons. The van der Waals surface area contributed by atoms with Gasteiger partial charge in [-0.05, 0) is 13.8 Å². The fourth-order valence-electron chi connectivity index (χ4n) is 3.39. The van der Waals surface area contributed by atoms with Gasteiger partial charge in [-0.1, -0.05) is 30.3 Å². The molecule has 0 aliphatic carbocycles. The van der Waals surface area contributed by atoms with Crippen molar-refractivity contribution in [3.05, 3.63) is 42.1 Å². The Kier molecular flexibility index (Phi) is 5.50. The molecule has 1 amide bonds. The summed E-state index contributed by atoms with van der Waals surface area (Å²) in [6.07, 6.45) is 1.64. The van der Waals surface area contributed by atoms with Crippen LogP contribution >= 0.6 is 0 Å². The van der Waals surface area contributed by atoms with Crippen molar-refractivity contribution in [1.82, 2.24) is 20.0 Å². The van der Waals surface area contributed by atoms with Gasteiger partial charge in [-0.25, -0.2) is 0 Å². The van der Waals surface area contributed by atoms with Crippen LogP contribution < -0.4 is 5.32 Å². The van der Waals surface area contributed by atoms with Gasteiger partial charge in [-0.15, -0.1) is 0 Å². The second-order valence-electron chi connectivity index (χ2n) is 6.62. The average molecular weight is 342 g/mol. The lowest BCUT2D eigenvalue weighted by Crippen LogP contribution is -2.51. The fourth-order valence-corrected chi connectivity index (χ4v) is 3.39. The zero-order valence-electron chi connectivity index (χ0n) is 15.1. The second kappa shape index (κ2) is 7.80. The van der Waals surface area contributed by atoms with Crippen LogP contribution in [0.2, 0.25) is 0 Å². The maximum atomic E-state index is 12.7. The van der Waals surface area contributed by atoms with Crippen LogP contribution in [0.5, 0.6) is 0 Å². The molecule has 2 aromatic rings. The molecule has 1 aliphatic rings. The van der Waals surface area contributed by atoms with E-state index in [-0.39, 0.29) is 11.9 Å². The molecule has 3 rings (SSSR count). The Labute approximate surface area is 148 Å². The lowest BCUT2D eigenvalue weighted by Gasteiger charge is -2.37. The number of nitrogens with one attached hydrogen (secondary N) is 1. The van der Waals surface area contributed by atoms with Gasteiger partial charge in [-0.3, -0.25) is 14.4 Å². The van der Waals surface area contributed by atoms with E-state index in [0.717, 1.165) is 31.0 Å². The van der Waals surface area contributed by atoms with Crippen LogP contribution in [0.15, 0.2) is 36.5 Å². The molecule has 0 spiro atoms. The van der Waals surface area contributed by atoms with Crippen molar-refractivity contribution in [2.45, 2.75) is 25.9 Å². The SMILES string of the molecule is C[C@H](CNC(=O)c1cnn(C)c1-c1ccccc1)N1CCOC[C@@H]1C. The molecular weight excluding hydrogens is 316 g/mol. The van der Waals surface area contributed by atoms with E-state index in [1.54, 1.807) is 10.9 Å². The van der Waals surface area contributed by atoms with Crippen LogP contribution in [0.4, 0.5) is 0 Å². The predicted octanol–water partition coefficient (Wildman–Crippen LogP) is 1.93. The number of carbonyl (C=O) groups excluding carboxylic acids is 1. The van der Waals surface area contributed by atoms with Crippen molar-refractivity contribution >= 4 is 5.91 Å². The lowest BCUT2D eigenvalue weighted by atomic mass is 10.1. The van der Waals surface area contributed by atoms with Crippen molar-refractivity contribution < 1.29 is 9.53 Å². The van der Waals surface area contributed by atoms with Crippen LogP contribution in [0.25, 0.3) is 11.3 Å². The summed E-state index contributed by atoms with van der Waals surface area (Å²) in [5.41, 5.74) is 2.43. The van der Waals surface area contributed by atoms with Gasteiger partial charge < -0.3 is 10.1 Å². The van der Waals surface area contributed by atoms with Gasteiger partial charge in [0.1, 0.15) is 0 Å². The Morgan fingerprint density at radius 1 is 1.40 bits per heavy atom. The van der Waals surface area contributed by atoms with Crippen LogP contribution in [0, 0.1) is 0 Å². The van der Waals surface area contributed by atoms with E-state index in [4.69, 9.17) is 4.74 Å². The molecule has 0 bridgehead atoms. The number of aryl methyl sites for hydroxylation is 1. The minimum Gasteiger partial charge on any atom is -0.379 e. The summed E-state index contributed by atoms with van der Waals surface area (Å²) in [6.45, 7) is 7.31. The maximum absolute atomic E-state index is 12.7.